The van der Waals surface area contributed by atoms with Crippen LogP contribution in [0.15, 0.2) is 54.6 Å². The van der Waals surface area contributed by atoms with Gasteiger partial charge >= 0.3 is 0 Å². The fraction of sp³-hybridized carbons (Fsp3) is 0.500. The second-order valence-corrected chi connectivity index (χ2v) is 9.04. The van der Waals surface area contributed by atoms with Gasteiger partial charge < -0.3 is 15.0 Å². The number of nitrogens with zero attached hydrogens (tertiary/aromatic N) is 1. The van der Waals surface area contributed by atoms with Gasteiger partial charge in [-0.2, -0.15) is 0 Å². The molecular weight excluding hydrogens is 412 g/mol. The van der Waals surface area contributed by atoms with Gasteiger partial charge in [-0.1, -0.05) is 74.2 Å². The quantitative estimate of drug-likeness (QED) is 0.466. The van der Waals surface area contributed by atoms with Crippen molar-refractivity contribution in [1.82, 2.24) is 10.2 Å². The average molecular weight is 451 g/mol. The summed E-state index contributed by atoms with van der Waals surface area (Å²) in [5, 5.41) is 3.23. The van der Waals surface area contributed by atoms with Gasteiger partial charge in [-0.25, -0.2) is 0 Å². The van der Waals surface area contributed by atoms with Crippen LogP contribution in [0.25, 0.3) is 0 Å². The average Bonchev–Trinajstić information content (AvgIpc) is 2.84. The molecule has 5 nitrogen and oxygen atoms in total. The molecule has 33 heavy (non-hydrogen) atoms. The zero-order valence-corrected chi connectivity index (χ0v) is 20.1. The number of hydrogen-bond acceptors (Lipinski definition) is 3. The van der Waals surface area contributed by atoms with E-state index in [9.17, 15) is 9.59 Å². The van der Waals surface area contributed by atoms with Crippen LogP contribution in [-0.2, 0) is 16.1 Å². The molecule has 2 aromatic rings. The van der Waals surface area contributed by atoms with E-state index in [1.54, 1.807) is 4.90 Å². The Morgan fingerprint density at radius 2 is 1.73 bits per heavy atom. The van der Waals surface area contributed by atoms with Crippen LogP contribution in [0.2, 0.25) is 0 Å². The van der Waals surface area contributed by atoms with E-state index in [1.165, 1.54) is 12.0 Å². The molecular formula is C28H38N2O3. The van der Waals surface area contributed by atoms with Crippen molar-refractivity contribution >= 4 is 11.8 Å². The molecule has 2 aromatic carbocycles. The van der Waals surface area contributed by atoms with Crippen molar-refractivity contribution in [1.29, 1.82) is 0 Å². The highest BCUT2D eigenvalue weighted by molar-refractivity contribution is 5.87. The summed E-state index contributed by atoms with van der Waals surface area (Å²) >= 11 is 0. The Kier molecular flexibility index (Phi) is 9.79. The first kappa shape index (κ1) is 24.8. The molecule has 0 bridgehead atoms. The van der Waals surface area contributed by atoms with Crippen molar-refractivity contribution in [2.24, 2.45) is 0 Å². The molecule has 0 heterocycles. The molecule has 0 radical (unpaired) electrons. The lowest BCUT2D eigenvalue weighted by Crippen LogP contribution is -2.51. The number of carbonyl (C=O) groups is 2. The Morgan fingerprint density at radius 3 is 2.39 bits per heavy atom. The van der Waals surface area contributed by atoms with Crippen LogP contribution in [-0.4, -0.2) is 35.4 Å². The molecule has 0 saturated heterocycles. The molecule has 1 aliphatic rings. The fourth-order valence-electron chi connectivity index (χ4n) is 4.44. The van der Waals surface area contributed by atoms with Crippen LogP contribution in [0.4, 0.5) is 0 Å². The first-order valence-electron chi connectivity index (χ1n) is 12.4. The van der Waals surface area contributed by atoms with Crippen molar-refractivity contribution in [3.8, 4) is 5.75 Å². The molecule has 0 spiro atoms. The van der Waals surface area contributed by atoms with Crippen LogP contribution >= 0.6 is 0 Å². The van der Waals surface area contributed by atoms with Gasteiger partial charge in [-0.3, -0.25) is 9.59 Å². The minimum Gasteiger partial charge on any atom is -0.494 e. The number of benzene rings is 2. The smallest absolute Gasteiger partial charge is 0.243 e. The topological polar surface area (TPSA) is 58.6 Å². The predicted molar refractivity (Wildman–Crippen MR) is 132 cm³/mol. The molecule has 1 aliphatic carbocycles. The summed E-state index contributed by atoms with van der Waals surface area (Å²) in [6.07, 6.45) is 7.19. The Morgan fingerprint density at radius 1 is 1.03 bits per heavy atom. The highest BCUT2D eigenvalue weighted by atomic mass is 16.5. The van der Waals surface area contributed by atoms with Crippen LogP contribution < -0.4 is 10.1 Å². The van der Waals surface area contributed by atoms with Crippen LogP contribution in [0, 0.1) is 6.92 Å². The van der Waals surface area contributed by atoms with Gasteiger partial charge in [-0.15, -0.1) is 0 Å². The zero-order chi connectivity index (χ0) is 23.5. The SMILES string of the molecule is CCC(C(=O)NC1CCCCC1)N(Cc1ccccc1)C(=O)CCCOc1ccc(C)cc1. The van der Waals surface area contributed by atoms with Gasteiger partial charge in [0, 0.05) is 19.0 Å². The molecule has 1 fully saturated rings. The minimum absolute atomic E-state index is 0.00277. The zero-order valence-electron chi connectivity index (χ0n) is 20.1. The number of ether oxygens (including phenoxy) is 1. The monoisotopic (exact) mass is 450 g/mol. The third kappa shape index (κ3) is 7.92. The standard InChI is InChI=1S/C28H38N2O3/c1-3-26(28(32)29-24-13-8-5-9-14-24)30(21-23-11-6-4-7-12-23)27(31)15-10-20-33-25-18-16-22(2)17-19-25/h4,6-7,11-12,16-19,24,26H,3,5,8-10,13-15,20-21H2,1-2H3,(H,29,32). The van der Waals surface area contributed by atoms with Crippen molar-refractivity contribution in [3.63, 3.8) is 0 Å². The Bertz CT molecular complexity index is 860. The molecule has 2 amide bonds. The van der Waals surface area contributed by atoms with E-state index in [2.05, 4.69) is 5.32 Å². The maximum Gasteiger partial charge on any atom is 0.243 e. The summed E-state index contributed by atoms with van der Waals surface area (Å²) in [6.45, 7) is 4.93. The molecule has 3 rings (SSSR count). The van der Waals surface area contributed by atoms with E-state index in [-0.39, 0.29) is 17.9 Å². The number of aryl methyl sites for hydroxylation is 1. The lowest BCUT2D eigenvalue weighted by atomic mass is 9.95. The molecule has 1 N–H and O–H groups in total. The summed E-state index contributed by atoms with van der Waals surface area (Å²) in [5.41, 5.74) is 2.22. The Balaban J connectivity index is 1.61. The molecule has 178 valence electrons. The largest absolute Gasteiger partial charge is 0.494 e. The van der Waals surface area contributed by atoms with Crippen molar-refractivity contribution < 1.29 is 14.3 Å². The Labute approximate surface area is 198 Å². The summed E-state index contributed by atoms with van der Waals surface area (Å²) in [6, 6.07) is 17.6. The first-order valence-corrected chi connectivity index (χ1v) is 12.4. The summed E-state index contributed by atoms with van der Waals surface area (Å²) < 4.78 is 5.79. The van der Waals surface area contributed by atoms with E-state index in [4.69, 9.17) is 4.74 Å². The number of hydrogen-bond donors (Lipinski definition) is 1. The molecule has 5 heteroatoms. The summed E-state index contributed by atoms with van der Waals surface area (Å²) in [4.78, 5) is 28.2. The predicted octanol–water partition coefficient (Wildman–Crippen LogP) is 5.41. The highest BCUT2D eigenvalue weighted by Gasteiger charge is 2.30. The molecule has 0 aliphatic heterocycles. The van der Waals surface area contributed by atoms with Gasteiger partial charge in [-0.05, 0) is 50.3 Å². The first-order chi connectivity index (χ1) is 16.1. The number of amides is 2. The molecule has 0 aromatic heterocycles. The van der Waals surface area contributed by atoms with Crippen molar-refractivity contribution in [2.75, 3.05) is 6.61 Å². The normalized spacial score (nSPS) is 15.0. The minimum atomic E-state index is -0.461. The third-order valence-electron chi connectivity index (χ3n) is 6.36. The van der Waals surface area contributed by atoms with Crippen LogP contribution in [0.1, 0.15) is 69.4 Å². The van der Waals surface area contributed by atoms with Crippen molar-refractivity contribution in [3.05, 3.63) is 65.7 Å². The van der Waals surface area contributed by atoms with Gasteiger partial charge in [0.15, 0.2) is 0 Å². The number of carbonyl (C=O) groups excluding carboxylic acids is 2. The molecule has 1 saturated carbocycles. The fourth-order valence-corrected chi connectivity index (χ4v) is 4.44. The second-order valence-electron chi connectivity index (χ2n) is 9.04. The lowest BCUT2D eigenvalue weighted by Gasteiger charge is -2.33. The lowest BCUT2D eigenvalue weighted by molar-refractivity contribution is -0.142. The Hall–Kier alpha value is -2.82. The number of nitrogens with one attached hydrogen (secondary N) is 1. The molecule has 1 atom stereocenters. The van der Waals surface area contributed by atoms with Crippen molar-refractivity contribution in [2.45, 2.75) is 83.8 Å². The van der Waals surface area contributed by atoms with E-state index in [1.807, 2.05) is 68.4 Å². The number of rotatable bonds is 11. The maximum absolute atomic E-state index is 13.3. The van der Waals surface area contributed by atoms with Gasteiger partial charge in [0.25, 0.3) is 0 Å². The highest BCUT2D eigenvalue weighted by Crippen LogP contribution is 2.20. The third-order valence-corrected chi connectivity index (χ3v) is 6.36. The maximum atomic E-state index is 13.3. The van der Waals surface area contributed by atoms with Gasteiger partial charge in [0.05, 0.1) is 6.61 Å². The van der Waals surface area contributed by atoms with E-state index in [0.29, 0.717) is 32.4 Å². The van der Waals surface area contributed by atoms with Crippen LogP contribution in [0.3, 0.4) is 0 Å². The van der Waals surface area contributed by atoms with E-state index >= 15 is 0 Å². The van der Waals surface area contributed by atoms with Crippen LogP contribution in [0.5, 0.6) is 5.75 Å². The second kappa shape index (κ2) is 13.0. The van der Waals surface area contributed by atoms with Gasteiger partial charge in [0.2, 0.25) is 11.8 Å². The molecule has 1 unspecified atom stereocenters. The van der Waals surface area contributed by atoms with E-state index < -0.39 is 6.04 Å². The van der Waals surface area contributed by atoms with E-state index in [0.717, 1.165) is 37.0 Å². The summed E-state index contributed by atoms with van der Waals surface area (Å²) in [5.74, 6) is 0.786. The summed E-state index contributed by atoms with van der Waals surface area (Å²) in [7, 11) is 0. The van der Waals surface area contributed by atoms with Gasteiger partial charge in [0.1, 0.15) is 11.8 Å².